The first-order chi connectivity index (χ1) is 10.2. The number of anilines is 1. The molecule has 0 unspecified atom stereocenters. The van der Waals surface area contributed by atoms with Crippen LogP contribution in [0.25, 0.3) is 0 Å². The third kappa shape index (κ3) is 5.70. The minimum Gasteiger partial charge on any atom is -0.396 e. The van der Waals surface area contributed by atoms with Crippen molar-refractivity contribution in [3.63, 3.8) is 0 Å². The molecule has 2 rings (SSSR count). The van der Waals surface area contributed by atoms with Crippen LogP contribution in [0.5, 0.6) is 0 Å². The Hall–Kier alpha value is -0.920. The second-order valence-corrected chi connectivity index (χ2v) is 5.70. The molecule has 1 aliphatic heterocycles. The fourth-order valence-electron chi connectivity index (χ4n) is 3.01. The Morgan fingerprint density at radius 3 is 2.86 bits per heavy atom. The van der Waals surface area contributed by atoms with E-state index in [-0.39, 0.29) is 19.0 Å². The maximum absolute atomic E-state index is 8.92. The molecule has 7 heteroatoms. The third-order valence-corrected chi connectivity index (χ3v) is 4.00. The van der Waals surface area contributed by atoms with Gasteiger partial charge in [-0.3, -0.25) is 0 Å². The smallest absolute Gasteiger partial charge is 0.123 e. The normalized spacial score (nSPS) is 21.7. The number of halogens is 1. The SMILES string of the molecule is Cl.NCCN1C[C@H](Cc2cccc(N)n2)[C@@H](NCCCO)C1. The first-order valence-electron chi connectivity index (χ1n) is 7.71. The Labute approximate surface area is 138 Å². The zero-order chi connectivity index (χ0) is 15.1. The van der Waals surface area contributed by atoms with Crippen molar-refractivity contribution in [2.75, 3.05) is 45.1 Å². The van der Waals surface area contributed by atoms with E-state index >= 15 is 0 Å². The number of pyridine rings is 1. The quantitative estimate of drug-likeness (QED) is 0.495. The van der Waals surface area contributed by atoms with Gasteiger partial charge < -0.3 is 26.8 Å². The molecule has 126 valence electrons. The third-order valence-electron chi connectivity index (χ3n) is 4.00. The lowest BCUT2D eigenvalue weighted by atomic mass is 9.97. The zero-order valence-corrected chi connectivity index (χ0v) is 13.8. The van der Waals surface area contributed by atoms with Gasteiger partial charge in [0.25, 0.3) is 0 Å². The van der Waals surface area contributed by atoms with Crippen LogP contribution in [0.15, 0.2) is 18.2 Å². The Bertz CT molecular complexity index is 434. The van der Waals surface area contributed by atoms with Gasteiger partial charge in [-0.05, 0) is 37.4 Å². The van der Waals surface area contributed by atoms with Crippen LogP contribution in [0.3, 0.4) is 0 Å². The number of nitrogens with one attached hydrogen (secondary N) is 1. The van der Waals surface area contributed by atoms with E-state index in [0.29, 0.717) is 24.3 Å². The molecule has 0 spiro atoms. The van der Waals surface area contributed by atoms with E-state index in [1.807, 2.05) is 18.2 Å². The van der Waals surface area contributed by atoms with E-state index in [1.165, 1.54) is 0 Å². The molecule has 1 aromatic heterocycles. The second-order valence-electron chi connectivity index (χ2n) is 5.70. The molecule has 2 heterocycles. The summed E-state index contributed by atoms with van der Waals surface area (Å²) in [5, 5.41) is 12.5. The number of aromatic nitrogens is 1. The van der Waals surface area contributed by atoms with Gasteiger partial charge in [0.1, 0.15) is 5.82 Å². The molecule has 0 aliphatic carbocycles. The summed E-state index contributed by atoms with van der Waals surface area (Å²) in [6, 6.07) is 6.23. The summed E-state index contributed by atoms with van der Waals surface area (Å²) < 4.78 is 0. The average Bonchev–Trinajstić information content (AvgIpc) is 2.82. The number of likely N-dealkylation sites (tertiary alicyclic amines) is 1. The van der Waals surface area contributed by atoms with Crippen LogP contribution in [0, 0.1) is 5.92 Å². The molecule has 22 heavy (non-hydrogen) atoms. The van der Waals surface area contributed by atoms with Crippen LogP contribution >= 0.6 is 12.4 Å². The van der Waals surface area contributed by atoms with Crippen LogP contribution in [0.2, 0.25) is 0 Å². The molecule has 1 aliphatic rings. The van der Waals surface area contributed by atoms with Gasteiger partial charge in [-0.15, -0.1) is 12.4 Å². The van der Waals surface area contributed by atoms with E-state index in [0.717, 1.165) is 44.7 Å². The highest BCUT2D eigenvalue weighted by Crippen LogP contribution is 2.21. The first-order valence-corrected chi connectivity index (χ1v) is 7.71. The van der Waals surface area contributed by atoms with Crippen molar-refractivity contribution in [3.05, 3.63) is 23.9 Å². The van der Waals surface area contributed by atoms with Gasteiger partial charge in [-0.2, -0.15) is 0 Å². The molecule has 1 aromatic rings. The lowest BCUT2D eigenvalue weighted by Gasteiger charge is -2.19. The predicted molar refractivity (Wildman–Crippen MR) is 92.1 cm³/mol. The number of aliphatic hydroxyl groups excluding tert-OH is 1. The molecule has 0 saturated carbocycles. The average molecular weight is 330 g/mol. The summed E-state index contributed by atoms with van der Waals surface area (Å²) >= 11 is 0. The zero-order valence-electron chi connectivity index (χ0n) is 12.9. The van der Waals surface area contributed by atoms with Gasteiger partial charge in [-0.1, -0.05) is 6.07 Å². The minimum absolute atomic E-state index is 0. The lowest BCUT2D eigenvalue weighted by molar-refractivity contribution is 0.279. The number of rotatable bonds is 8. The summed E-state index contributed by atoms with van der Waals surface area (Å²) in [5.74, 6) is 1.08. The fourth-order valence-corrected chi connectivity index (χ4v) is 3.01. The van der Waals surface area contributed by atoms with E-state index < -0.39 is 0 Å². The molecule has 1 fully saturated rings. The molecule has 0 aromatic carbocycles. The topological polar surface area (TPSA) is 100 Å². The standard InChI is InChI=1S/C15H27N5O.ClH/c16-5-7-20-10-12(14(11-20)18-6-2-8-21)9-13-3-1-4-15(17)19-13;/h1,3-4,12,14,18,21H,2,5-11,16H2,(H2,17,19);1H/t12-,14-;/m0./s1. The number of aliphatic hydroxyl groups is 1. The van der Waals surface area contributed by atoms with E-state index in [4.69, 9.17) is 16.6 Å². The van der Waals surface area contributed by atoms with Crippen LogP contribution in [0.4, 0.5) is 5.82 Å². The van der Waals surface area contributed by atoms with Gasteiger partial charge in [-0.25, -0.2) is 4.98 Å². The number of hydrogen-bond acceptors (Lipinski definition) is 6. The van der Waals surface area contributed by atoms with Crippen molar-refractivity contribution in [3.8, 4) is 0 Å². The molecular weight excluding hydrogens is 302 g/mol. The molecule has 6 N–H and O–H groups in total. The highest BCUT2D eigenvalue weighted by Gasteiger charge is 2.32. The molecule has 6 nitrogen and oxygen atoms in total. The molecule has 0 bridgehead atoms. The highest BCUT2D eigenvalue weighted by atomic mass is 35.5. The number of nitrogens with two attached hydrogens (primary N) is 2. The molecular formula is C15H28ClN5O. The highest BCUT2D eigenvalue weighted by molar-refractivity contribution is 5.85. The number of hydrogen-bond donors (Lipinski definition) is 4. The van der Waals surface area contributed by atoms with E-state index in [1.54, 1.807) is 0 Å². The van der Waals surface area contributed by atoms with Gasteiger partial charge in [0.15, 0.2) is 0 Å². The van der Waals surface area contributed by atoms with Gasteiger partial charge in [0.05, 0.1) is 0 Å². The van der Waals surface area contributed by atoms with Crippen LogP contribution in [-0.4, -0.2) is 60.4 Å². The van der Waals surface area contributed by atoms with E-state index in [2.05, 4.69) is 15.2 Å². The van der Waals surface area contributed by atoms with Crippen LogP contribution < -0.4 is 16.8 Å². The minimum atomic E-state index is 0. The maximum Gasteiger partial charge on any atom is 0.123 e. The molecule has 0 radical (unpaired) electrons. The number of nitrogens with zero attached hydrogens (tertiary/aromatic N) is 2. The second kappa shape index (κ2) is 9.97. The van der Waals surface area contributed by atoms with Crippen molar-refractivity contribution in [1.29, 1.82) is 0 Å². The number of nitrogen functional groups attached to an aromatic ring is 1. The lowest BCUT2D eigenvalue weighted by Crippen LogP contribution is -2.38. The van der Waals surface area contributed by atoms with Gasteiger partial charge >= 0.3 is 0 Å². The fraction of sp³-hybridized carbons (Fsp3) is 0.667. The van der Waals surface area contributed by atoms with Gasteiger partial charge in [0, 0.05) is 44.5 Å². The molecule has 2 atom stereocenters. The summed E-state index contributed by atoms with van der Waals surface area (Å²) in [7, 11) is 0. The van der Waals surface area contributed by atoms with E-state index in [9.17, 15) is 0 Å². The first kappa shape index (κ1) is 19.1. The predicted octanol–water partition coefficient (Wildman–Crippen LogP) is -0.141. The monoisotopic (exact) mass is 329 g/mol. The van der Waals surface area contributed by atoms with Crippen LogP contribution in [-0.2, 0) is 6.42 Å². The Kier molecular flexibility index (Phi) is 8.67. The largest absolute Gasteiger partial charge is 0.396 e. The van der Waals surface area contributed by atoms with Crippen LogP contribution in [0.1, 0.15) is 12.1 Å². The summed E-state index contributed by atoms with van der Waals surface area (Å²) in [6.07, 6.45) is 1.71. The van der Waals surface area contributed by atoms with Gasteiger partial charge in [0.2, 0.25) is 0 Å². The Morgan fingerprint density at radius 2 is 2.18 bits per heavy atom. The Morgan fingerprint density at radius 1 is 1.36 bits per heavy atom. The summed E-state index contributed by atoms with van der Waals surface area (Å²) in [6.45, 7) is 4.73. The maximum atomic E-state index is 8.92. The van der Waals surface area contributed by atoms with Crippen molar-refractivity contribution in [1.82, 2.24) is 15.2 Å². The van der Waals surface area contributed by atoms with Crippen molar-refractivity contribution < 1.29 is 5.11 Å². The molecule has 0 amide bonds. The Balaban J connectivity index is 0.00000242. The molecule has 1 saturated heterocycles. The summed E-state index contributed by atoms with van der Waals surface area (Å²) in [5.41, 5.74) is 12.5. The van der Waals surface area contributed by atoms with Crippen molar-refractivity contribution in [2.24, 2.45) is 11.7 Å². The van der Waals surface area contributed by atoms with Crippen molar-refractivity contribution >= 4 is 18.2 Å². The van der Waals surface area contributed by atoms with Crippen molar-refractivity contribution in [2.45, 2.75) is 18.9 Å². The summed E-state index contributed by atoms with van der Waals surface area (Å²) in [4.78, 5) is 6.80.